The van der Waals surface area contributed by atoms with E-state index in [-0.39, 0.29) is 17.1 Å². The Balaban J connectivity index is 1.53. The van der Waals surface area contributed by atoms with E-state index in [0.717, 1.165) is 15.7 Å². The van der Waals surface area contributed by atoms with Crippen LogP contribution in [0, 0.1) is 11.3 Å². The van der Waals surface area contributed by atoms with Crippen LogP contribution in [0.25, 0.3) is 22.4 Å². The van der Waals surface area contributed by atoms with Crippen molar-refractivity contribution in [1.29, 1.82) is 5.26 Å². The minimum Gasteiger partial charge on any atom is -0.320 e. The first-order chi connectivity index (χ1) is 16.8. The average molecular weight is 478 g/mol. The molecule has 4 heterocycles. The molecule has 1 N–H and O–H groups in total. The van der Waals surface area contributed by atoms with Crippen molar-refractivity contribution in [2.45, 2.75) is 6.18 Å². The number of hydrogen-bond acceptors (Lipinski definition) is 7. The van der Waals surface area contributed by atoms with Crippen LogP contribution in [0.2, 0.25) is 0 Å². The van der Waals surface area contributed by atoms with Gasteiger partial charge in [0, 0.05) is 18.6 Å². The molecule has 14 heteroatoms. The molecular weight excluding hydrogens is 465 g/mol. The molecule has 0 atom stereocenters. The topological polar surface area (TPSA) is 132 Å². The summed E-state index contributed by atoms with van der Waals surface area (Å²) in [6.45, 7) is 0. The van der Waals surface area contributed by atoms with E-state index in [2.05, 4.69) is 30.7 Å². The minimum atomic E-state index is -4.90. The van der Waals surface area contributed by atoms with Gasteiger partial charge >= 0.3 is 6.18 Å². The maximum atomic E-state index is 13.8. The molecule has 1 aromatic carbocycles. The predicted molar refractivity (Wildman–Crippen MR) is 115 cm³/mol. The normalized spacial score (nSPS) is 11.5. The van der Waals surface area contributed by atoms with Crippen LogP contribution in [0.1, 0.15) is 21.6 Å². The number of alkyl halides is 3. The molecule has 5 aromatic rings. The molecule has 0 radical (unpaired) electrons. The second-order valence-electron chi connectivity index (χ2n) is 7.29. The SMILES string of the molecule is Cn1ncc2c(-n3cc(C(=O)Nc4cnc(-n5nccn5)c(C#N)c4)c(C(F)(F)F)n3)cccc21. The molecule has 35 heavy (non-hydrogen) atoms. The number of carbonyl (C=O) groups excluding carboxylic acids is 1. The Kier molecular flexibility index (Phi) is 5.01. The molecular formula is C21H13F3N10O. The van der Waals surface area contributed by atoms with Crippen molar-refractivity contribution in [3.05, 3.63) is 72.1 Å². The highest BCUT2D eigenvalue weighted by atomic mass is 19.4. The highest BCUT2D eigenvalue weighted by Gasteiger charge is 2.39. The van der Waals surface area contributed by atoms with Crippen LogP contribution in [-0.4, -0.2) is 45.4 Å². The van der Waals surface area contributed by atoms with E-state index in [4.69, 9.17) is 0 Å². The summed E-state index contributed by atoms with van der Waals surface area (Å²) >= 11 is 0. The van der Waals surface area contributed by atoms with Crippen LogP contribution in [0.3, 0.4) is 0 Å². The minimum absolute atomic E-state index is 0.00833. The van der Waals surface area contributed by atoms with Gasteiger partial charge in [0.15, 0.2) is 11.5 Å². The van der Waals surface area contributed by atoms with Gasteiger partial charge in [-0.25, -0.2) is 9.67 Å². The summed E-state index contributed by atoms with van der Waals surface area (Å²) in [5.74, 6) is -0.971. The molecule has 0 saturated heterocycles. The van der Waals surface area contributed by atoms with E-state index in [1.54, 1.807) is 29.9 Å². The van der Waals surface area contributed by atoms with Crippen molar-refractivity contribution < 1.29 is 18.0 Å². The Labute approximate surface area is 194 Å². The van der Waals surface area contributed by atoms with Gasteiger partial charge in [-0.2, -0.15) is 38.8 Å². The highest BCUT2D eigenvalue weighted by molar-refractivity contribution is 6.05. The van der Waals surface area contributed by atoms with E-state index in [0.29, 0.717) is 16.6 Å². The Morgan fingerprint density at radius 1 is 1.14 bits per heavy atom. The van der Waals surface area contributed by atoms with Crippen molar-refractivity contribution in [3.8, 4) is 17.6 Å². The number of anilines is 1. The Morgan fingerprint density at radius 3 is 2.63 bits per heavy atom. The lowest BCUT2D eigenvalue weighted by Crippen LogP contribution is -2.18. The number of nitrogens with zero attached hydrogens (tertiary/aromatic N) is 9. The summed E-state index contributed by atoms with van der Waals surface area (Å²) in [4.78, 5) is 18.0. The molecule has 11 nitrogen and oxygen atoms in total. The first kappa shape index (κ1) is 21.8. The standard InChI is InChI=1S/C21H13F3N10O/c1-32-16-3-2-4-17(14(16)10-29-32)33-11-15(18(31-33)21(22,23)24)20(35)30-13-7-12(8-25)19(26-9-13)34-27-5-6-28-34/h2-7,9-11H,1H3,(H,30,35). The third-order valence-corrected chi connectivity index (χ3v) is 5.10. The van der Waals surface area contributed by atoms with Crippen molar-refractivity contribution in [2.24, 2.45) is 7.05 Å². The molecule has 1 amide bonds. The van der Waals surface area contributed by atoms with E-state index < -0.39 is 23.3 Å². The largest absolute Gasteiger partial charge is 0.435 e. The lowest BCUT2D eigenvalue weighted by molar-refractivity contribution is -0.141. The number of rotatable bonds is 4. The van der Waals surface area contributed by atoms with E-state index in [1.807, 2.05) is 6.07 Å². The zero-order chi connectivity index (χ0) is 24.7. The molecule has 4 aromatic heterocycles. The summed E-state index contributed by atoms with van der Waals surface area (Å²) in [5.41, 5.74) is -1.03. The summed E-state index contributed by atoms with van der Waals surface area (Å²) in [5, 5.41) is 27.9. The molecule has 0 bridgehead atoms. The number of halogens is 3. The third-order valence-electron chi connectivity index (χ3n) is 5.10. The van der Waals surface area contributed by atoms with Crippen molar-refractivity contribution in [3.63, 3.8) is 0 Å². The van der Waals surface area contributed by atoms with Gasteiger partial charge < -0.3 is 5.32 Å². The zero-order valence-electron chi connectivity index (χ0n) is 17.8. The second kappa shape index (κ2) is 8.06. The van der Waals surface area contributed by atoms with Gasteiger partial charge in [0.2, 0.25) is 0 Å². The lowest BCUT2D eigenvalue weighted by Gasteiger charge is -2.08. The molecule has 5 rings (SSSR count). The zero-order valence-corrected chi connectivity index (χ0v) is 17.8. The number of benzene rings is 1. The van der Waals surface area contributed by atoms with Crippen LogP contribution >= 0.6 is 0 Å². The summed E-state index contributed by atoms with van der Waals surface area (Å²) in [6.07, 6.45) is 1.57. The van der Waals surface area contributed by atoms with Crippen molar-refractivity contribution in [2.75, 3.05) is 5.32 Å². The van der Waals surface area contributed by atoms with Gasteiger partial charge in [-0.05, 0) is 18.2 Å². The molecule has 0 spiro atoms. The maximum Gasteiger partial charge on any atom is 0.435 e. The fourth-order valence-electron chi connectivity index (χ4n) is 3.53. The predicted octanol–water partition coefficient (Wildman–Crippen LogP) is 2.88. The molecule has 0 aliphatic carbocycles. The first-order valence-electron chi connectivity index (χ1n) is 9.92. The van der Waals surface area contributed by atoms with Crippen LogP contribution in [0.4, 0.5) is 18.9 Å². The van der Waals surface area contributed by atoms with Gasteiger partial charge in [0.1, 0.15) is 11.6 Å². The highest BCUT2D eigenvalue weighted by Crippen LogP contribution is 2.33. The number of hydrogen-bond donors (Lipinski definition) is 1. The summed E-state index contributed by atoms with van der Waals surface area (Å²) < 4.78 is 43.9. The van der Waals surface area contributed by atoms with Crippen LogP contribution in [0.5, 0.6) is 0 Å². The molecule has 174 valence electrons. The third kappa shape index (κ3) is 3.84. The van der Waals surface area contributed by atoms with Crippen LogP contribution in [0.15, 0.2) is 55.2 Å². The molecule has 0 aliphatic rings. The lowest BCUT2D eigenvalue weighted by atomic mass is 10.2. The van der Waals surface area contributed by atoms with Gasteiger partial charge in [-0.3, -0.25) is 9.48 Å². The summed E-state index contributed by atoms with van der Waals surface area (Å²) in [7, 11) is 1.70. The number of carbonyl (C=O) groups is 1. The smallest absolute Gasteiger partial charge is 0.320 e. The monoisotopic (exact) mass is 478 g/mol. The number of aryl methyl sites for hydroxylation is 1. The Hall–Kier alpha value is -5.06. The van der Waals surface area contributed by atoms with Crippen LogP contribution in [-0.2, 0) is 13.2 Å². The first-order valence-corrected chi connectivity index (χ1v) is 9.92. The second-order valence-corrected chi connectivity index (χ2v) is 7.29. The van der Waals surface area contributed by atoms with Crippen molar-refractivity contribution in [1.82, 2.24) is 39.5 Å². The summed E-state index contributed by atoms with van der Waals surface area (Å²) in [6, 6.07) is 8.15. The Morgan fingerprint density at radius 2 is 1.91 bits per heavy atom. The van der Waals surface area contributed by atoms with E-state index in [9.17, 15) is 23.2 Å². The number of pyridine rings is 1. The maximum absolute atomic E-state index is 13.8. The van der Waals surface area contributed by atoms with E-state index >= 15 is 0 Å². The van der Waals surface area contributed by atoms with Crippen LogP contribution < -0.4 is 5.32 Å². The van der Waals surface area contributed by atoms with E-state index in [1.165, 1.54) is 30.9 Å². The molecule has 0 aliphatic heterocycles. The fraction of sp³-hybridized carbons (Fsp3) is 0.0952. The quantitative estimate of drug-likeness (QED) is 0.420. The number of aromatic nitrogens is 8. The average Bonchev–Trinajstić information content (AvgIpc) is 3.59. The Bertz CT molecular complexity index is 1610. The number of nitriles is 1. The molecule has 0 saturated carbocycles. The van der Waals surface area contributed by atoms with Crippen molar-refractivity contribution >= 4 is 22.5 Å². The van der Waals surface area contributed by atoms with Gasteiger partial charge in [-0.1, -0.05) is 6.07 Å². The number of amides is 1. The number of fused-ring (bicyclic) bond motifs is 1. The molecule has 0 unspecified atom stereocenters. The van der Waals surface area contributed by atoms with Gasteiger partial charge in [-0.15, -0.1) is 4.80 Å². The molecule has 0 fully saturated rings. The fourth-order valence-corrected chi connectivity index (χ4v) is 3.53. The van der Waals surface area contributed by atoms with Gasteiger partial charge in [0.05, 0.1) is 47.2 Å². The van der Waals surface area contributed by atoms with Gasteiger partial charge in [0.25, 0.3) is 5.91 Å². The number of nitrogens with one attached hydrogen (secondary N) is 1.